The smallest absolute Gasteiger partial charge is 0.407 e. The lowest BCUT2D eigenvalue weighted by Gasteiger charge is -2.34. The van der Waals surface area contributed by atoms with Gasteiger partial charge in [-0.2, -0.15) is 0 Å². The molecule has 1 aromatic rings. The minimum atomic E-state index is -3.36. The van der Waals surface area contributed by atoms with Crippen LogP contribution in [0.5, 0.6) is 0 Å². The molecule has 1 N–H and O–H groups in total. The van der Waals surface area contributed by atoms with Gasteiger partial charge in [0.1, 0.15) is 9.84 Å². The first-order valence-electron chi connectivity index (χ1n) is 8.54. The molecular weight excluding hydrogens is 413 g/mol. The third-order valence-corrected chi connectivity index (χ3v) is 6.38. The Labute approximate surface area is 170 Å². The topological polar surface area (TPSA) is 83.9 Å². The molecule has 2 rings (SSSR count). The van der Waals surface area contributed by atoms with Crippen LogP contribution in [0.1, 0.15) is 32.4 Å². The van der Waals surface area contributed by atoms with Gasteiger partial charge in [0, 0.05) is 18.7 Å². The first-order valence-corrected chi connectivity index (χ1v) is 11.4. The second-order valence-corrected chi connectivity index (χ2v) is 11.1. The van der Waals surface area contributed by atoms with E-state index in [9.17, 15) is 18.3 Å². The molecule has 9 heteroatoms. The summed E-state index contributed by atoms with van der Waals surface area (Å²) in [4.78, 5) is 13.0. The summed E-state index contributed by atoms with van der Waals surface area (Å²) >= 11 is 12.2. The maximum absolute atomic E-state index is 12.0. The van der Waals surface area contributed by atoms with Crippen molar-refractivity contribution in [2.24, 2.45) is 11.3 Å². The van der Waals surface area contributed by atoms with Crippen LogP contribution in [0.25, 0.3) is 0 Å². The Bertz CT molecular complexity index is 806. The van der Waals surface area contributed by atoms with Crippen LogP contribution in [-0.2, 0) is 14.6 Å². The van der Waals surface area contributed by atoms with E-state index < -0.39 is 34.1 Å². The molecular formula is C18H25Cl2NO5S. The highest BCUT2D eigenvalue weighted by molar-refractivity contribution is 7.90. The van der Waals surface area contributed by atoms with Crippen LogP contribution >= 0.6 is 23.2 Å². The van der Waals surface area contributed by atoms with Crippen molar-refractivity contribution in [3.8, 4) is 0 Å². The van der Waals surface area contributed by atoms with Gasteiger partial charge in [0.25, 0.3) is 0 Å². The molecule has 1 aromatic carbocycles. The molecule has 27 heavy (non-hydrogen) atoms. The van der Waals surface area contributed by atoms with Crippen molar-refractivity contribution < 1.29 is 23.1 Å². The van der Waals surface area contributed by atoms with E-state index in [0.717, 1.165) is 6.26 Å². The standard InChI is InChI=1S/C18H25Cl2NO5S/c1-18(2,3)15-9-21(17(22)23)8-12(10-27(4,24)25)16(26-15)11-5-6-13(19)14(20)7-11/h5-7,12,15-16H,8-10H2,1-4H3,(H,22,23). The average molecular weight is 438 g/mol. The fourth-order valence-corrected chi connectivity index (χ4v) is 4.55. The molecule has 0 spiro atoms. The molecule has 1 amide bonds. The molecule has 3 unspecified atom stereocenters. The summed E-state index contributed by atoms with van der Waals surface area (Å²) < 4.78 is 30.3. The molecule has 1 fully saturated rings. The number of halogens is 2. The number of ether oxygens (including phenoxy) is 1. The maximum atomic E-state index is 12.0. The van der Waals surface area contributed by atoms with Crippen LogP contribution in [0.2, 0.25) is 10.0 Å². The lowest BCUT2D eigenvalue weighted by atomic mass is 9.88. The van der Waals surface area contributed by atoms with Crippen molar-refractivity contribution in [1.29, 1.82) is 0 Å². The zero-order valence-corrected chi connectivity index (χ0v) is 18.1. The van der Waals surface area contributed by atoms with Gasteiger partial charge in [0.15, 0.2) is 0 Å². The van der Waals surface area contributed by atoms with Crippen LogP contribution in [-0.4, -0.2) is 55.7 Å². The van der Waals surface area contributed by atoms with Crippen molar-refractivity contribution in [3.05, 3.63) is 33.8 Å². The van der Waals surface area contributed by atoms with Crippen LogP contribution in [0.15, 0.2) is 18.2 Å². The van der Waals surface area contributed by atoms with E-state index >= 15 is 0 Å². The second-order valence-electron chi connectivity index (χ2n) is 8.12. The number of benzene rings is 1. The lowest BCUT2D eigenvalue weighted by Crippen LogP contribution is -2.42. The van der Waals surface area contributed by atoms with Crippen LogP contribution in [0, 0.1) is 11.3 Å². The summed E-state index contributed by atoms with van der Waals surface area (Å²) in [5, 5.41) is 10.3. The van der Waals surface area contributed by atoms with E-state index in [0.29, 0.717) is 15.6 Å². The summed E-state index contributed by atoms with van der Waals surface area (Å²) in [6.07, 6.45) is -1.00. The summed E-state index contributed by atoms with van der Waals surface area (Å²) in [6, 6.07) is 5.02. The molecule has 0 aliphatic carbocycles. The molecule has 0 saturated carbocycles. The highest BCUT2D eigenvalue weighted by Crippen LogP contribution is 2.38. The van der Waals surface area contributed by atoms with Crippen molar-refractivity contribution in [1.82, 2.24) is 4.90 Å². The highest BCUT2D eigenvalue weighted by atomic mass is 35.5. The Balaban J connectivity index is 2.53. The predicted octanol–water partition coefficient (Wildman–Crippen LogP) is 4.12. The van der Waals surface area contributed by atoms with Gasteiger partial charge in [-0.05, 0) is 23.1 Å². The van der Waals surface area contributed by atoms with Crippen LogP contribution in [0.3, 0.4) is 0 Å². The van der Waals surface area contributed by atoms with Crippen molar-refractivity contribution >= 4 is 39.1 Å². The quantitative estimate of drug-likeness (QED) is 0.768. The molecule has 0 radical (unpaired) electrons. The average Bonchev–Trinajstić information content (AvgIpc) is 2.68. The van der Waals surface area contributed by atoms with Gasteiger partial charge in [0.2, 0.25) is 0 Å². The number of amides is 1. The first-order chi connectivity index (χ1) is 12.3. The van der Waals surface area contributed by atoms with Crippen LogP contribution in [0.4, 0.5) is 4.79 Å². The summed E-state index contributed by atoms with van der Waals surface area (Å²) in [5.74, 6) is -0.765. The van der Waals surface area contributed by atoms with Gasteiger partial charge in [-0.15, -0.1) is 0 Å². The number of carbonyl (C=O) groups is 1. The minimum Gasteiger partial charge on any atom is -0.465 e. The summed E-state index contributed by atoms with van der Waals surface area (Å²) in [7, 11) is -3.36. The van der Waals surface area contributed by atoms with E-state index in [-0.39, 0.29) is 24.3 Å². The molecule has 1 heterocycles. The van der Waals surface area contributed by atoms with Gasteiger partial charge in [-0.1, -0.05) is 50.0 Å². The molecule has 6 nitrogen and oxygen atoms in total. The number of sulfone groups is 1. The van der Waals surface area contributed by atoms with Crippen molar-refractivity contribution in [3.63, 3.8) is 0 Å². The normalized spacial score (nSPS) is 24.5. The predicted molar refractivity (Wildman–Crippen MR) is 106 cm³/mol. The monoisotopic (exact) mass is 437 g/mol. The largest absolute Gasteiger partial charge is 0.465 e. The Morgan fingerprint density at radius 2 is 1.89 bits per heavy atom. The third-order valence-electron chi connectivity index (χ3n) is 4.61. The van der Waals surface area contributed by atoms with Crippen LogP contribution < -0.4 is 0 Å². The Morgan fingerprint density at radius 3 is 2.37 bits per heavy atom. The van der Waals surface area contributed by atoms with Crippen molar-refractivity contribution in [2.75, 3.05) is 25.1 Å². The number of hydrogen-bond acceptors (Lipinski definition) is 4. The van der Waals surface area contributed by atoms with Gasteiger partial charge < -0.3 is 14.7 Å². The first kappa shape index (κ1) is 22.3. The van der Waals surface area contributed by atoms with Gasteiger partial charge in [-0.3, -0.25) is 0 Å². The minimum absolute atomic E-state index is 0.0555. The fraction of sp³-hybridized carbons (Fsp3) is 0.611. The highest BCUT2D eigenvalue weighted by Gasteiger charge is 2.40. The number of rotatable bonds is 3. The second kappa shape index (κ2) is 8.15. The zero-order chi connectivity index (χ0) is 20.6. The zero-order valence-electron chi connectivity index (χ0n) is 15.8. The van der Waals surface area contributed by atoms with E-state index in [1.165, 1.54) is 4.90 Å². The number of carboxylic acid groups (broad SMARTS) is 1. The molecule has 0 bridgehead atoms. The van der Waals surface area contributed by atoms with E-state index in [1.807, 2.05) is 20.8 Å². The molecule has 1 aliphatic rings. The Kier molecular flexibility index (Phi) is 6.72. The molecule has 152 valence electrons. The van der Waals surface area contributed by atoms with E-state index in [2.05, 4.69) is 0 Å². The number of nitrogens with zero attached hydrogens (tertiary/aromatic N) is 1. The third kappa shape index (κ3) is 5.98. The number of hydrogen-bond donors (Lipinski definition) is 1. The molecule has 1 aliphatic heterocycles. The van der Waals surface area contributed by atoms with Gasteiger partial charge >= 0.3 is 6.09 Å². The Morgan fingerprint density at radius 1 is 1.26 bits per heavy atom. The molecule has 1 saturated heterocycles. The van der Waals surface area contributed by atoms with Crippen molar-refractivity contribution in [2.45, 2.75) is 33.0 Å². The summed E-state index contributed by atoms with van der Waals surface area (Å²) in [5.41, 5.74) is 0.335. The lowest BCUT2D eigenvalue weighted by molar-refractivity contribution is -0.0742. The Hall–Kier alpha value is -1.02. The fourth-order valence-electron chi connectivity index (χ4n) is 3.19. The molecule has 0 aromatic heterocycles. The maximum Gasteiger partial charge on any atom is 0.407 e. The van der Waals surface area contributed by atoms with Gasteiger partial charge in [-0.25, -0.2) is 13.2 Å². The van der Waals surface area contributed by atoms with E-state index in [4.69, 9.17) is 27.9 Å². The van der Waals surface area contributed by atoms with E-state index in [1.54, 1.807) is 18.2 Å². The molecule has 3 atom stereocenters. The summed E-state index contributed by atoms with van der Waals surface area (Å²) in [6.45, 7) is 6.10. The van der Waals surface area contributed by atoms with Gasteiger partial charge in [0.05, 0.1) is 34.6 Å². The SMILES string of the molecule is CC(C)(C)C1CN(C(=O)O)CC(CS(C)(=O)=O)C(c2ccc(Cl)c(Cl)c2)O1.